The van der Waals surface area contributed by atoms with Crippen molar-refractivity contribution in [2.45, 2.75) is 31.2 Å². The molecule has 162 valence electrons. The number of halogens is 1. The minimum atomic E-state index is -0.797. The van der Waals surface area contributed by atoms with E-state index in [4.69, 9.17) is 4.74 Å². The number of nitrogens with one attached hydrogen (secondary N) is 4. The molecule has 0 aromatic heterocycles. The van der Waals surface area contributed by atoms with Crippen molar-refractivity contribution in [1.29, 1.82) is 0 Å². The first kappa shape index (κ1) is 22.5. The number of hydrogen-bond donors (Lipinski definition) is 5. The van der Waals surface area contributed by atoms with Crippen molar-refractivity contribution in [1.82, 2.24) is 21.5 Å². The Kier molecular flexibility index (Phi) is 8.07. The van der Waals surface area contributed by atoms with E-state index in [1.54, 1.807) is 0 Å². The maximum Gasteiger partial charge on any atom is 0.238 e. The van der Waals surface area contributed by atoms with Gasteiger partial charge in [-0.3, -0.25) is 10.2 Å². The van der Waals surface area contributed by atoms with Crippen LogP contribution in [0.25, 0.3) is 0 Å². The molecule has 0 radical (unpaired) electrons. The highest BCUT2D eigenvalue weighted by Gasteiger charge is 2.41. The molecule has 2 heterocycles. The molecule has 2 aromatic rings. The zero-order valence-corrected chi connectivity index (χ0v) is 17.5. The predicted octanol–water partition coefficient (Wildman–Crippen LogP) is 1.29. The lowest BCUT2D eigenvalue weighted by atomic mass is 9.89. The lowest BCUT2D eigenvalue weighted by Crippen LogP contribution is -2.49. The summed E-state index contributed by atoms with van der Waals surface area (Å²) in [6.45, 7) is 2.40. The topological polar surface area (TPSA) is 94.7 Å². The minimum Gasteiger partial charge on any atom is -0.489 e. The monoisotopic (exact) mass is 432 g/mol. The number of hydrazine groups is 1. The van der Waals surface area contributed by atoms with E-state index in [0.29, 0.717) is 24.0 Å². The Balaban J connectivity index is 0.00000256. The van der Waals surface area contributed by atoms with E-state index in [1.165, 1.54) is 0 Å². The Labute approximate surface area is 183 Å². The van der Waals surface area contributed by atoms with Crippen molar-refractivity contribution < 1.29 is 14.6 Å². The highest BCUT2D eigenvalue weighted by atomic mass is 35.5. The van der Waals surface area contributed by atoms with Crippen LogP contribution in [0.15, 0.2) is 54.6 Å². The van der Waals surface area contributed by atoms with Crippen molar-refractivity contribution in [3.8, 4) is 5.75 Å². The van der Waals surface area contributed by atoms with Gasteiger partial charge in [-0.05, 0) is 36.2 Å². The van der Waals surface area contributed by atoms with Gasteiger partial charge in [0.05, 0.1) is 6.10 Å². The van der Waals surface area contributed by atoms with Gasteiger partial charge in [0.25, 0.3) is 0 Å². The second-order valence-electron chi connectivity index (χ2n) is 7.64. The van der Waals surface area contributed by atoms with Crippen LogP contribution in [0.2, 0.25) is 0 Å². The number of hydrogen-bond acceptors (Lipinski definition) is 6. The van der Waals surface area contributed by atoms with E-state index >= 15 is 0 Å². The summed E-state index contributed by atoms with van der Waals surface area (Å²) >= 11 is 0. The molecule has 7 nitrogen and oxygen atoms in total. The summed E-state index contributed by atoms with van der Waals surface area (Å²) in [7, 11) is 0. The lowest BCUT2D eigenvalue weighted by molar-refractivity contribution is -0.124. The van der Waals surface area contributed by atoms with E-state index in [0.717, 1.165) is 25.1 Å². The van der Waals surface area contributed by atoms with Gasteiger partial charge < -0.3 is 20.5 Å². The Morgan fingerprint density at radius 1 is 1.17 bits per heavy atom. The maximum atomic E-state index is 12.6. The van der Waals surface area contributed by atoms with Crippen LogP contribution in [0.5, 0.6) is 5.75 Å². The number of amides is 1. The summed E-state index contributed by atoms with van der Waals surface area (Å²) in [5.74, 6) is 0.814. The molecule has 0 bridgehead atoms. The second kappa shape index (κ2) is 10.7. The van der Waals surface area contributed by atoms with Crippen LogP contribution in [-0.2, 0) is 11.4 Å². The van der Waals surface area contributed by atoms with Crippen molar-refractivity contribution in [3.63, 3.8) is 0 Å². The first-order valence-electron chi connectivity index (χ1n) is 10.1. The first-order chi connectivity index (χ1) is 14.2. The van der Waals surface area contributed by atoms with Gasteiger partial charge in [0.1, 0.15) is 18.4 Å². The third-order valence-corrected chi connectivity index (χ3v) is 5.62. The molecule has 2 fully saturated rings. The quantitative estimate of drug-likeness (QED) is 0.452. The molecule has 1 amide bonds. The number of aliphatic hydroxyl groups is 1. The van der Waals surface area contributed by atoms with Gasteiger partial charge in [-0.25, -0.2) is 5.43 Å². The van der Waals surface area contributed by atoms with Gasteiger partial charge in [0, 0.05) is 25.0 Å². The summed E-state index contributed by atoms with van der Waals surface area (Å²) in [6.07, 6.45) is 0.202. The molecule has 2 saturated heterocycles. The SMILES string of the molecule is Cl.O=C(NCC(O)c1cccc(OCc2ccccc2)c1)C1NNC2CCNCC21. The van der Waals surface area contributed by atoms with Crippen LogP contribution in [-0.4, -0.2) is 42.7 Å². The van der Waals surface area contributed by atoms with Gasteiger partial charge in [-0.2, -0.15) is 0 Å². The normalized spacial score (nSPS) is 23.7. The van der Waals surface area contributed by atoms with Crippen LogP contribution < -0.4 is 26.2 Å². The fourth-order valence-corrected chi connectivity index (χ4v) is 3.95. The highest BCUT2D eigenvalue weighted by Crippen LogP contribution is 2.22. The van der Waals surface area contributed by atoms with Crippen LogP contribution in [0.1, 0.15) is 23.7 Å². The number of ether oxygens (including phenoxy) is 1. The first-order valence-corrected chi connectivity index (χ1v) is 10.1. The van der Waals surface area contributed by atoms with Crippen molar-refractivity contribution >= 4 is 18.3 Å². The van der Waals surface area contributed by atoms with Gasteiger partial charge >= 0.3 is 0 Å². The second-order valence-corrected chi connectivity index (χ2v) is 7.64. The third kappa shape index (κ3) is 5.50. The molecule has 4 atom stereocenters. The fraction of sp³-hybridized carbons (Fsp3) is 0.409. The Bertz CT molecular complexity index is 823. The number of aliphatic hydroxyl groups excluding tert-OH is 1. The van der Waals surface area contributed by atoms with Crippen LogP contribution in [0.4, 0.5) is 0 Å². The average Bonchev–Trinajstić information content (AvgIpc) is 3.21. The van der Waals surface area contributed by atoms with E-state index in [2.05, 4.69) is 21.5 Å². The molecule has 5 N–H and O–H groups in total. The minimum absolute atomic E-state index is 0. The molecule has 2 aromatic carbocycles. The van der Waals surface area contributed by atoms with E-state index in [-0.39, 0.29) is 36.8 Å². The molecule has 8 heteroatoms. The van der Waals surface area contributed by atoms with Gasteiger partial charge in [0.15, 0.2) is 0 Å². The van der Waals surface area contributed by atoms with E-state index in [9.17, 15) is 9.90 Å². The number of rotatable bonds is 7. The van der Waals surface area contributed by atoms with E-state index < -0.39 is 6.10 Å². The molecule has 0 aliphatic carbocycles. The molecule has 2 aliphatic rings. The number of benzene rings is 2. The van der Waals surface area contributed by atoms with Crippen molar-refractivity contribution in [2.24, 2.45) is 5.92 Å². The summed E-state index contributed by atoms with van der Waals surface area (Å²) in [5, 5.41) is 16.7. The Morgan fingerprint density at radius 3 is 2.83 bits per heavy atom. The predicted molar refractivity (Wildman–Crippen MR) is 117 cm³/mol. The molecule has 2 aliphatic heterocycles. The van der Waals surface area contributed by atoms with Crippen molar-refractivity contribution in [2.75, 3.05) is 19.6 Å². The van der Waals surface area contributed by atoms with Gasteiger partial charge in [-0.15, -0.1) is 12.4 Å². The maximum absolute atomic E-state index is 12.6. The van der Waals surface area contributed by atoms with E-state index in [1.807, 2.05) is 54.6 Å². The zero-order valence-electron chi connectivity index (χ0n) is 16.7. The number of piperidine rings is 1. The summed E-state index contributed by atoms with van der Waals surface area (Å²) in [5.41, 5.74) is 8.11. The van der Waals surface area contributed by atoms with Crippen molar-refractivity contribution in [3.05, 3.63) is 65.7 Å². The third-order valence-electron chi connectivity index (χ3n) is 5.62. The summed E-state index contributed by atoms with van der Waals surface area (Å²) in [4.78, 5) is 12.6. The summed E-state index contributed by atoms with van der Waals surface area (Å²) in [6, 6.07) is 17.3. The molecule has 4 rings (SSSR count). The standard InChI is InChI=1S/C22H28N4O3.ClH/c27-20(13-24-22(28)21-18-12-23-10-9-19(18)25-26-21)16-7-4-8-17(11-16)29-14-15-5-2-1-3-6-15;/h1-8,11,18-21,23,25-27H,9-10,12-14H2,(H,24,28);1H. The van der Waals surface area contributed by atoms with Gasteiger partial charge in [-0.1, -0.05) is 42.5 Å². The van der Waals surface area contributed by atoms with Crippen LogP contribution in [0, 0.1) is 5.92 Å². The lowest BCUT2D eigenvalue weighted by Gasteiger charge is -2.27. The molecule has 0 saturated carbocycles. The molecule has 0 spiro atoms. The summed E-state index contributed by atoms with van der Waals surface area (Å²) < 4.78 is 5.83. The van der Waals surface area contributed by atoms with Crippen LogP contribution in [0.3, 0.4) is 0 Å². The Hall–Kier alpha value is -2.16. The van der Waals surface area contributed by atoms with Gasteiger partial charge in [0.2, 0.25) is 5.91 Å². The molecular formula is C22H29ClN4O3. The largest absolute Gasteiger partial charge is 0.489 e. The molecule has 30 heavy (non-hydrogen) atoms. The number of carbonyl (C=O) groups excluding carboxylic acids is 1. The fourth-order valence-electron chi connectivity index (χ4n) is 3.95. The van der Waals surface area contributed by atoms with Crippen LogP contribution >= 0.6 is 12.4 Å². The highest BCUT2D eigenvalue weighted by molar-refractivity contribution is 5.85. The Morgan fingerprint density at radius 2 is 2.00 bits per heavy atom. The number of carbonyl (C=O) groups is 1. The molecular weight excluding hydrogens is 404 g/mol. The molecule has 4 unspecified atom stereocenters. The zero-order chi connectivity index (χ0) is 20.1. The number of fused-ring (bicyclic) bond motifs is 1. The average molecular weight is 433 g/mol. The smallest absolute Gasteiger partial charge is 0.238 e.